The highest BCUT2D eigenvalue weighted by molar-refractivity contribution is 5.97. The van der Waals surface area contributed by atoms with Gasteiger partial charge in [-0.3, -0.25) is 10.2 Å². The first-order valence-corrected chi connectivity index (χ1v) is 5.05. The number of urea groups is 1. The molecule has 1 atom stereocenters. The number of benzene rings is 1. The van der Waals surface area contributed by atoms with Crippen LogP contribution < -0.4 is 21.9 Å². The van der Waals surface area contributed by atoms with Crippen LogP contribution in [0.4, 0.5) is 4.79 Å². The van der Waals surface area contributed by atoms with Crippen molar-refractivity contribution in [3.63, 3.8) is 0 Å². The first kappa shape index (κ1) is 11.2. The molecule has 6 heteroatoms. The minimum atomic E-state index is -0.492. The van der Waals surface area contributed by atoms with E-state index in [1.165, 1.54) is 6.20 Å². The Bertz CT molecular complexity index is 470. The van der Waals surface area contributed by atoms with Crippen molar-refractivity contribution >= 4 is 11.9 Å². The third-order valence-corrected chi connectivity index (χ3v) is 2.47. The number of nitrogens with one attached hydrogen (secondary N) is 3. The standard InChI is InChI=1S/C11H12N4O2/c12-15-10(16)8-6-13-11(17)14-9(8)7-4-2-1-3-5-7/h1-6,9H,12H2,(H,15,16)(H2,13,14,17). The van der Waals surface area contributed by atoms with Crippen LogP contribution in [0.25, 0.3) is 0 Å². The summed E-state index contributed by atoms with van der Waals surface area (Å²) in [5.74, 6) is 4.66. The van der Waals surface area contributed by atoms with Crippen LogP contribution in [0.15, 0.2) is 42.1 Å². The third-order valence-electron chi connectivity index (χ3n) is 2.47. The summed E-state index contributed by atoms with van der Waals surface area (Å²) in [4.78, 5) is 22.8. The quantitative estimate of drug-likeness (QED) is 0.326. The van der Waals surface area contributed by atoms with Crippen molar-refractivity contribution < 1.29 is 9.59 Å². The molecule has 0 spiro atoms. The van der Waals surface area contributed by atoms with Crippen molar-refractivity contribution in [2.24, 2.45) is 5.84 Å². The number of hydrazine groups is 1. The van der Waals surface area contributed by atoms with Crippen LogP contribution in [0.3, 0.4) is 0 Å². The molecule has 88 valence electrons. The predicted octanol–water partition coefficient (Wildman–Crippen LogP) is -0.0857. The Hall–Kier alpha value is -2.34. The number of hydrogen-bond donors (Lipinski definition) is 4. The van der Waals surface area contributed by atoms with Gasteiger partial charge >= 0.3 is 6.03 Å². The Labute approximate surface area is 97.8 Å². The van der Waals surface area contributed by atoms with Gasteiger partial charge in [0, 0.05) is 6.20 Å². The zero-order valence-corrected chi connectivity index (χ0v) is 8.94. The fourth-order valence-corrected chi connectivity index (χ4v) is 1.67. The molecule has 0 aromatic heterocycles. The monoisotopic (exact) mass is 232 g/mol. The van der Waals surface area contributed by atoms with Crippen LogP contribution in [-0.2, 0) is 4.79 Å². The van der Waals surface area contributed by atoms with Gasteiger partial charge in [-0.05, 0) is 5.56 Å². The second-order valence-electron chi connectivity index (χ2n) is 3.53. The van der Waals surface area contributed by atoms with Gasteiger partial charge in [0.05, 0.1) is 11.6 Å². The highest BCUT2D eigenvalue weighted by Gasteiger charge is 2.27. The Morgan fingerprint density at radius 3 is 2.65 bits per heavy atom. The van der Waals surface area contributed by atoms with Crippen LogP contribution in [0.5, 0.6) is 0 Å². The molecule has 0 saturated heterocycles. The summed E-state index contributed by atoms with van der Waals surface area (Å²) >= 11 is 0. The van der Waals surface area contributed by atoms with Crippen LogP contribution in [-0.4, -0.2) is 11.9 Å². The lowest BCUT2D eigenvalue weighted by molar-refractivity contribution is -0.117. The SMILES string of the molecule is NNC(=O)C1=CNC(=O)NC1c1ccccc1. The molecule has 0 saturated carbocycles. The van der Waals surface area contributed by atoms with Crippen molar-refractivity contribution in [3.05, 3.63) is 47.7 Å². The summed E-state index contributed by atoms with van der Waals surface area (Å²) < 4.78 is 0. The average molecular weight is 232 g/mol. The van der Waals surface area contributed by atoms with E-state index in [1.807, 2.05) is 30.3 Å². The van der Waals surface area contributed by atoms with E-state index in [0.29, 0.717) is 5.57 Å². The highest BCUT2D eigenvalue weighted by Crippen LogP contribution is 2.22. The molecular formula is C11H12N4O2. The third kappa shape index (κ3) is 2.26. The van der Waals surface area contributed by atoms with Crippen LogP contribution in [0, 0.1) is 0 Å². The van der Waals surface area contributed by atoms with Crippen LogP contribution >= 0.6 is 0 Å². The topological polar surface area (TPSA) is 96.2 Å². The number of nitrogens with two attached hydrogens (primary N) is 1. The summed E-state index contributed by atoms with van der Waals surface area (Å²) in [6.07, 6.45) is 1.36. The molecule has 1 aromatic rings. The molecule has 1 aliphatic heterocycles. The molecule has 1 aromatic carbocycles. The van der Waals surface area contributed by atoms with E-state index in [1.54, 1.807) is 0 Å². The maximum atomic E-state index is 11.6. The molecule has 5 N–H and O–H groups in total. The fourth-order valence-electron chi connectivity index (χ4n) is 1.67. The summed E-state index contributed by atoms with van der Waals surface area (Å²) in [5.41, 5.74) is 3.23. The number of carbonyl (C=O) groups excluding carboxylic acids is 2. The normalized spacial score (nSPS) is 18.8. The molecular weight excluding hydrogens is 220 g/mol. The van der Waals surface area contributed by atoms with E-state index in [2.05, 4.69) is 16.1 Å². The highest BCUT2D eigenvalue weighted by atomic mass is 16.2. The molecule has 1 unspecified atom stereocenters. The van der Waals surface area contributed by atoms with Gasteiger partial charge in [-0.1, -0.05) is 30.3 Å². The summed E-state index contributed by atoms with van der Waals surface area (Å²) in [6.45, 7) is 0. The maximum Gasteiger partial charge on any atom is 0.319 e. The molecule has 1 heterocycles. The maximum absolute atomic E-state index is 11.6. The molecule has 3 amide bonds. The summed E-state index contributed by atoms with van der Waals surface area (Å²) in [6, 6.07) is 8.34. The van der Waals surface area contributed by atoms with E-state index >= 15 is 0 Å². The summed E-state index contributed by atoms with van der Waals surface area (Å²) in [7, 11) is 0. The van der Waals surface area contributed by atoms with E-state index in [4.69, 9.17) is 5.84 Å². The van der Waals surface area contributed by atoms with Gasteiger partial charge in [0.25, 0.3) is 5.91 Å². The predicted molar refractivity (Wildman–Crippen MR) is 61.3 cm³/mol. The molecule has 0 aliphatic carbocycles. The summed E-state index contributed by atoms with van der Waals surface area (Å²) in [5, 5.41) is 5.08. The lowest BCUT2D eigenvalue weighted by atomic mass is 9.98. The lowest BCUT2D eigenvalue weighted by Gasteiger charge is -2.25. The molecule has 0 bridgehead atoms. The van der Waals surface area contributed by atoms with Gasteiger partial charge in [0.15, 0.2) is 0 Å². The molecule has 2 rings (SSSR count). The van der Waals surface area contributed by atoms with E-state index in [-0.39, 0.29) is 6.03 Å². The number of hydrogen-bond acceptors (Lipinski definition) is 3. The molecule has 0 fully saturated rings. The minimum Gasteiger partial charge on any atom is -0.327 e. The fraction of sp³-hybridized carbons (Fsp3) is 0.0909. The van der Waals surface area contributed by atoms with E-state index in [0.717, 1.165) is 5.56 Å². The van der Waals surface area contributed by atoms with Gasteiger partial charge in [-0.15, -0.1) is 0 Å². The van der Waals surface area contributed by atoms with E-state index in [9.17, 15) is 9.59 Å². The van der Waals surface area contributed by atoms with Crippen molar-refractivity contribution in [1.29, 1.82) is 0 Å². The van der Waals surface area contributed by atoms with Gasteiger partial charge in [0.2, 0.25) is 0 Å². The Balaban J connectivity index is 2.36. The molecule has 0 radical (unpaired) electrons. The number of amides is 3. The largest absolute Gasteiger partial charge is 0.327 e. The van der Waals surface area contributed by atoms with Gasteiger partial charge in [-0.2, -0.15) is 0 Å². The zero-order chi connectivity index (χ0) is 12.3. The van der Waals surface area contributed by atoms with E-state index < -0.39 is 11.9 Å². The van der Waals surface area contributed by atoms with Crippen molar-refractivity contribution in [2.45, 2.75) is 6.04 Å². The number of carbonyl (C=O) groups is 2. The van der Waals surface area contributed by atoms with Crippen molar-refractivity contribution in [1.82, 2.24) is 16.1 Å². The molecule has 17 heavy (non-hydrogen) atoms. The zero-order valence-electron chi connectivity index (χ0n) is 8.94. The van der Waals surface area contributed by atoms with Crippen LogP contribution in [0.1, 0.15) is 11.6 Å². The first-order valence-electron chi connectivity index (χ1n) is 5.05. The van der Waals surface area contributed by atoms with Crippen molar-refractivity contribution in [2.75, 3.05) is 0 Å². The minimum absolute atomic E-state index is 0.354. The Morgan fingerprint density at radius 1 is 1.29 bits per heavy atom. The molecule has 1 aliphatic rings. The van der Waals surface area contributed by atoms with Crippen LogP contribution in [0.2, 0.25) is 0 Å². The van der Waals surface area contributed by atoms with Gasteiger partial charge < -0.3 is 10.6 Å². The smallest absolute Gasteiger partial charge is 0.319 e. The molecule has 6 nitrogen and oxygen atoms in total. The van der Waals surface area contributed by atoms with Gasteiger partial charge in [0.1, 0.15) is 0 Å². The Kier molecular flexibility index (Phi) is 3.06. The lowest BCUT2D eigenvalue weighted by Crippen LogP contribution is -2.45. The Morgan fingerprint density at radius 2 is 2.00 bits per heavy atom. The second kappa shape index (κ2) is 4.67. The first-order chi connectivity index (χ1) is 8.22. The van der Waals surface area contributed by atoms with Gasteiger partial charge in [-0.25, -0.2) is 10.6 Å². The van der Waals surface area contributed by atoms with Crippen molar-refractivity contribution in [3.8, 4) is 0 Å². The average Bonchev–Trinajstić information content (AvgIpc) is 2.39. The second-order valence-corrected chi connectivity index (χ2v) is 3.53. The number of rotatable bonds is 2.